The summed E-state index contributed by atoms with van der Waals surface area (Å²) in [4.78, 5) is 12.0. The predicted octanol–water partition coefficient (Wildman–Crippen LogP) is 0.477. The molecule has 2 heterocycles. The average Bonchev–Trinajstić information content (AvgIpc) is 2.86. The van der Waals surface area contributed by atoms with Crippen molar-refractivity contribution in [3.8, 4) is 0 Å². The van der Waals surface area contributed by atoms with Crippen LogP contribution in [0.1, 0.15) is 18.2 Å². The zero-order valence-electron chi connectivity index (χ0n) is 9.39. The summed E-state index contributed by atoms with van der Waals surface area (Å²) in [6.45, 7) is 2.35. The van der Waals surface area contributed by atoms with Crippen LogP contribution < -0.4 is 10.0 Å². The number of hydrogen-bond donors (Lipinski definition) is 2. The van der Waals surface area contributed by atoms with Gasteiger partial charge in [0.05, 0.1) is 0 Å². The maximum Gasteiger partial charge on any atom is 0.250 e. The Morgan fingerprint density at radius 1 is 1.53 bits per heavy atom. The van der Waals surface area contributed by atoms with Crippen molar-refractivity contribution < 1.29 is 13.2 Å². The summed E-state index contributed by atoms with van der Waals surface area (Å²) in [6.07, 6.45) is 1.04. The summed E-state index contributed by atoms with van der Waals surface area (Å²) in [5.74, 6) is -0.113. The van der Waals surface area contributed by atoms with Gasteiger partial charge in [0.25, 0.3) is 0 Å². The number of aryl methyl sites for hydroxylation is 1. The number of carbonyl (C=O) groups excluding carboxylic acids is 1. The Labute approximate surface area is 104 Å². The summed E-state index contributed by atoms with van der Waals surface area (Å²) in [5.41, 5.74) is 0. The normalized spacial score (nSPS) is 20.5. The molecule has 2 N–H and O–H groups in total. The standard InChI is InChI=1S/C10H14N2O3S2/c1-2-8-3-4-10(16-8)17(14,15)12-7-5-9(13)11-6-7/h3-4,7,12H,2,5-6H2,1H3,(H,11,13)/t7-/m1/s1. The quantitative estimate of drug-likeness (QED) is 0.838. The Morgan fingerprint density at radius 2 is 2.29 bits per heavy atom. The molecule has 0 saturated carbocycles. The molecular weight excluding hydrogens is 260 g/mol. The van der Waals surface area contributed by atoms with Gasteiger partial charge in [-0.15, -0.1) is 11.3 Å². The number of nitrogens with one attached hydrogen (secondary N) is 2. The van der Waals surface area contributed by atoms with Crippen LogP contribution in [0, 0.1) is 0 Å². The Hall–Kier alpha value is -0.920. The highest BCUT2D eigenvalue weighted by molar-refractivity contribution is 7.91. The molecular formula is C10H14N2O3S2. The molecule has 1 amide bonds. The van der Waals surface area contributed by atoms with Crippen LogP contribution in [0.4, 0.5) is 0 Å². The lowest BCUT2D eigenvalue weighted by molar-refractivity contribution is -0.119. The molecule has 1 fully saturated rings. The highest BCUT2D eigenvalue weighted by atomic mass is 32.2. The molecule has 5 nitrogen and oxygen atoms in total. The minimum atomic E-state index is -3.48. The van der Waals surface area contributed by atoms with E-state index in [0.29, 0.717) is 10.8 Å². The fraction of sp³-hybridized carbons (Fsp3) is 0.500. The first kappa shape index (κ1) is 12.5. The van der Waals surface area contributed by atoms with Crippen LogP contribution in [0.5, 0.6) is 0 Å². The van der Waals surface area contributed by atoms with Crippen molar-refractivity contribution in [2.45, 2.75) is 30.0 Å². The molecule has 0 unspecified atom stereocenters. The molecule has 1 aliphatic rings. The van der Waals surface area contributed by atoms with E-state index in [9.17, 15) is 13.2 Å². The van der Waals surface area contributed by atoms with Crippen molar-refractivity contribution in [2.24, 2.45) is 0 Å². The van der Waals surface area contributed by atoms with Crippen molar-refractivity contribution in [3.63, 3.8) is 0 Å². The second kappa shape index (κ2) is 4.75. The first-order valence-corrected chi connectivity index (χ1v) is 7.69. The molecule has 1 saturated heterocycles. The zero-order valence-corrected chi connectivity index (χ0v) is 11.0. The van der Waals surface area contributed by atoms with Crippen LogP contribution in [0.2, 0.25) is 0 Å². The van der Waals surface area contributed by atoms with Crippen LogP contribution in [-0.4, -0.2) is 26.9 Å². The van der Waals surface area contributed by atoms with Crippen molar-refractivity contribution in [1.82, 2.24) is 10.0 Å². The molecule has 0 bridgehead atoms. The molecule has 0 spiro atoms. The summed E-state index contributed by atoms with van der Waals surface area (Å²) in [7, 11) is -3.48. The van der Waals surface area contributed by atoms with Gasteiger partial charge in [0.15, 0.2) is 0 Å². The lowest BCUT2D eigenvalue weighted by atomic mass is 10.3. The highest BCUT2D eigenvalue weighted by Gasteiger charge is 2.27. The molecule has 94 valence electrons. The van der Waals surface area contributed by atoms with E-state index in [1.807, 2.05) is 13.0 Å². The fourth-order valence-electron chi connectivity index (χ4n) is 1.66. The maximum atomic E-state index is 12.0. The molecule has 17 heavy (non-hydrogen) atoms. The maximum absolute atomic E-state index is 12.0. The SMILES string of the molecule is CCc1ccc(S(=O)(=O)N[C@H]2CNC(=O)C2)s1. The molecule has 1 aromatic heterocycles. The summed E-state index contributed by atoms with van der Waals surface area (Å²) in [5, 5.41) is 2.60. The number of amides is 1. The molecule has 1 aromatic rings. The first-order valence-electron chi connectivity index (χ1n) is 5.39. The number of sulfonamides is 1. The Morgan fingerprint density at radius 3 is 2.82 bits per heavy atom. The number of rotatable bonds is 4. The van der Waals surface area contributed by atoms with Crippen LogP contribution in [0.25, 0.3) is 0 Å². The predicted molar refractivity (Wildman–Crippen MR) is 65.4 cm³/mol. The second-order valence-electron chi connectivity index (χ2n) is 3.90. The number of thiophene rings is 1. The van der Waals surface area contributed by atoms with Gasteiger partial charge in [-0.05, 0) is 18.6 Å². The van der Waals surface area contributed by atoms with E-state index in [2.05, 4.69) is 10.0 Å². The van der Waals surface area contributed by atoms with Crippen molar-refractivity contribution in [1.29, 1.82) is 0 Å². The Balaban J connectivity index is 2.10. The van der Waals surface area contributed by atoms with Crippen molar-refractivity contribution in [2.75, 3.05) is 6.54 Å². The third-order valence-electron chi connectivity index (χ3n) is 2.55. The van der Waals surface area contributed by atoms with E-state index in [1.54, 1.807) is 6.07 Å². The number of hydrogen-bond acceptors (Lipinski definition) is 4. The van der Waals surface area contributed by atoms with Gasteiger partial charge in [0, 0.05) is 23.9 Å². The topological polar surface area (TPSA) is 75.3 Å². The van der Waals surface area contributed by atoms with E-state index < -0.39 is 10.0 Å². The fourth-order valence-corrected chi connectivity index (χ4v) is 4.21. The molecule has 2 rings (SSSR count). The van der Waals surface area contributed by atoms with Gasteiger partial charge in [-0.2, -0.15) is 0 Å². The lowest BCUT2D eigenvalue weighted by Gasteiger charge is -2.09. The van der Waals surface area contributed by atoms with Crippen molar-refractivity contribution in [3.05, 3.63) is 17.0 Å². The molecule has 0 aromatic carbocycles. The van der Waals surface area contributed by atoms with Crippen LogP contribution in [0.3, 0.4) is 0 Å². The van der Waals surface area contributed by atoms with Gasteiger partial charge in [-0.3, -0.25) is 4.79 Å². The Kier molecular flexibility index (Phi) is 3.50. The van der Waals surface area contributed by atoms with E-state index in [4.69, 9.17) is 0 Å². The minimum absolute atomic E-state index is 0.113. The molecule has 1 atom stereocenters. The van der Waals surface area contributed by atoms with Gasteiger partial charge >= 0.3 is 0 Å². The lowest BCUT2D eigenvalue weighted by Crippen LogP contribution is -2.35. The zero-order chi connectivity index (χ0) is 12.5. The smallest absolute Gasteiger partial charge is 0.250 e. The largest absolute Gasteiger partial charge is 0.354 e. The third kappa shape index (κ3) is 2.85. The van der Waals surface area contributed by atoms with Gasteiger partial charge in [-0.1, -0.05) is 6.92 Å². The van der Waals surface area contributed by atoms with E-state index in [-0.39, 0.29) is 18.4 Å². The second-order valence-corrected chi connectivity index (χ2v) is 7.01. The summed E-state index contributed by atoms with van der Waals surface area (Å²) < 4.78 is 26.8. The molecule has 1 aliphatic heterocycles. The minimum Gasteiger partial charge on any atom is -0.354 e. The number of carbonyl (C=O) groups is 1. The highest BCUT2D eigenvalue weighted by Crippen LogP contribution is 2.22. The van der Waals surface area contributed by atoms with Crippen LogP contribution >= 0.6 is 11.3 Å². The van der Waals surface area contributed by atoms with Crippen molar-refractivity contribution >= 4 is 27.3 Å². The first-order chi connectivity index (χ1) is 8.01. The molecule has 0 radical (unpaired) electrons. The molecule has 7 heteroatoms. The third-order valence-corrected chi connectivity index (χ3v) is 5.79. The van der Waals surface area contributed by atoms with Gasteiger partial charge in [-0.25, -0.2) is 13.1 Å². The Bertz CT molecular complexity index is 521. The van der Waals surface area contributed by atoms with Crippen LogP contribution in [0.15, 0.2) is 16.3 Å². The van der Waals surface area contributed by atoms with E-state index in [0.717, 1.165) is 11.3 Å². The van der Waals surface area contributed by atoms with Gasteiger partial charge < -0.3 is 5.32 Å². The summed E-state index contributed by atoms with van der Waals surface area (Å²) >= 11 is 1.27. The monoisotopic (exact) mass is 274 g/mol. The van der Waals surface area contributed by atoms with Gasteiger partial charge in [0.1, 0.15) is 4.21 Å². The summed E-state index contributed by atoms with van der Waals surface area (Å²) in [6, 6.07) is 3.09. The van der Waals surface area contributed by atoms with Gasteiger partial charge in [0.2, 0.25) is 15.9 Å². The van der Waals surface area contributed by atoms with Crippen LogP contribution in [-0.2, 0) is 21.2 Å². The van der Waals surface area contributed by atoms with E-state index >= 15 is 0 Å². The average molecular weight is 274 g/mol. The molecule has 0 aliphatic carbocycles. The van der Waals surface area contributed by atoms with E-state index in [1.165, 1.54) is 11.3 Å².